The van der Waals surface area contributed by atoms with Crippen LogP contribution in [0.3, 0.4) is 0 Å². The molecule has 4 heteroatoms. The molecule has 0 bridgehead atoms. The number of carbonyl (C=O) groups excluding carboxylic acids is 1. The largest absolute Gasteiger partial charge is 0.335 e. The summed E-state index contributed by atoms with van der Waals surface area (Å²) in [6, 6.07) is 14.6. The highest BCUT2D eigenvalue weighted by Crippen LogP contribution is 2.14. The van der Waals surface area contributed by atoms with Crippen molar-refractivity contribution < 1.29 is 4.79 Å². The monoisotopic (exact) mass is 286 g/mol. The summed E-state index contributed by atoms with van der Waals surface area (Å²) in [7, 11) is 0. The van der Waals surface area contributed by atoms with Gasteiger partial charge in [-0.25, -0.2) is 0 Å². The van der Waals surface area contributed by atoms with Gasteiger partial charge in [-0.1, -0.05) is 36.4 Å². The van der Waals surface area contributed by atoms with Gasteiger partial charge in [-0.2, -0.15) is 0 Å². The Morgan fingerprint density at radius 3 is 2.85 bits per heavy atom. The maximum absolute atomic E-state index is 12.4. The zero-order valence-corrected chi connectivity index (χ0v) is 12.1. The van der Waals surface area contributed by atoms with Gasteiger partial charge in [-0.3, -0.25) is 4.79 Å². The lowest BCUT2D eigenvalue weighted by Crippen LogP contribution is -2.53. The Hall–Kier alpha value is -1.65. The minimum atomic E-state index is 0.166. The van der Waals surface area contributed by atoms with E-state index in [1.165, 1.54) is 16.9 Å². The fourth-order valence-corrected chi connectivity index (χ4v) is 3.29. The lowest BCUT2D eigenvalue weighted by Gasteiger charge is -2.33. The Labute approximate surface area is 123 Å². The van der Waals surface area contributed by atoms with Crippen LogP contribution in [0.5, 0.6) is 0 Å². The third-order valence-electron chi connectivity index (χ3n) is 3.60. The number of nitrogens with one attached hydrogen (secondary N) is 1. The first kappa shape index (κ1) is 13.3. The molecular formula is C16H18N2OS. The summed E-state index contributed by atoms with van der Waals surface area (Å²) in [5, 5.41) is 5.46. The van der Waals surface area contributed by atoms with Gasteiger partial charge in [0, 0.05) is 25.7 Å². The van der Waals surface area contributed by atoms with Crippen LogP contribution in [0, 0.1) is 0 Å². The molecule has 1 aromatic carbocycles. The molecule has 0 spiro atoms. The minimum Gasteiger partial charge on any atom is -0.335 e. The van der Waals surface area contributed by atoms with Crippen LogP contribution in [0.4, 0.5) is 0 Å². The van der Waals surface area contributed by atoms with Gasteiger partial charge in [-0.05, 0) is 23.4 Å². The molecule has 0 radical (unpaired) electrons. The molecule has 0 aliphatic carbocycles. The van der Waals surface area contributed by atoms with E-state index in [1.807, 2.05) is 28.5 Å². The van der Waals surface area contributed by atoms with E-state index in [9.17, 15) is 4.79 Å². The van der Waals surface area contributed by atoms with E-state index in [2.05, 4.69) is 29.6 Å². The molecular weight excluding hydrogens is 268 g/mol. The number of rotatable bonds is 3. The predicted molar refractivity (Wildman–Crippen MR) is 82.2 cm³/mol. The van der Waals surface area contributed by atoms with Crippen molar-refractivity contribution >= 4 is 17.2 Å². The molecule has 104 valence electrons. The van der Waals surface area contributed by atoms with Gasteiger partial charge < -0.3 is 10.2 Å². The smallest absolute Gasteiger partial charge is 0.264 e. The van der Waals surface area contributed by atoms with Gasteiger partial charge in [0.05, 0.1) is 4.88 Å². The first-order chi connectivity index (χ1) is 9.83. The zero-order valence-electron chi connectivity index (χ0n) is 11.3. The highest BCUT2D eigenvalue weighted by molar-refractivity contribution is 7.12. The van der Waals surface area contributed by atoms with Crippen molar-refractivity contribution in [2.45, 2.75) is 12.5 Å². The molecule has 0 saturated carbocycles. The van der Waals surface area contributed by atoms with E-state index in [1.54, 1.807) is 0 Å². The molecule has 1 aliphatic rings. The Kier molecular flexibility index (Phi) is 4.14. The van der Waals surface area contributed by atoms with Crippen LogP contribution in [-0.2, 0) is 6.42 Å². The van der Waals surface area contributed by atoms with Crippen molar-refractivity contribution in [2.24, 2.45) is 0 Å². The SMILES string of the molecule is O=C(c1cccs1)N1CCNC(Cc2ccccc2)C1. The van der Waals surface area contributed by atoms with Crippen molar-refractivity contribution in [3.8, 4) is 0 Å². The second-order valence-corrected chi connectivity index (χ2v) is 6.02. The topological polar surface area (TPSA) is 32.3 Å². The van der Waals surface area contributed by atoms with E-state index in [0.29, 0.717) is 6.04 Å². The van der Waals surface area contributed by atoms with Gasteiger partial charge in [0.2, 0.25) is 0 Å². The fraction of sp³-hybridized carbons (Fsp3) is 0.312. The molecule has 1 atom stereocenters. The molecule has 20 heavy (non-hydrogen) atoms. The Bertz CT molecular complexity index is 553. The van der Waals surface area contributed by atoms with Crippen LogP contribution < -0.4 is 5.32 Å². The van der Waals surface area contributed by atoms with Crippen molar-refractivity contribution in [3.05, 3.63) is 58.3 Å². The van der Waals surface area contributed by atoms with E-state index >= 15 is 0 Å². The molecule has 3 rings (SSSR count). The number of hydrogen-bond acceptors (Lipinski definition) is 3. The lowest BCUT2D eigenvalue weighted by atomic mass is 10.0. The molecule has 1 amide bonds. The summed E-state index contributed by atoms with van der Waals surface area (Å²) in [5.74, 6) is 0.166. The van der Waals surface area contributed by atoms with E-state index < -0.39 is 0 Å². The average molecular weight is 286 g/mol. The number of nitrogens with zero attached hydrogens (tertiary/aromatic N) is 1. The van der Waals surface area contributed by atoms with Crippen LogP contribution in [0.15, 0.2) is 47.8 Å². The minimum absolute atomic E-state index is 0.166. The molecule has 3 nitrogen and oxygen atoms in total. The van der Waals surface area contributed by atoms with Crippen molar-refractivity contribution in [1.82, 2.24) is 10.2 Å². The summed E-state index contributed by atoms with van der Waals surface area (Å²) < 4.78 is 0. The second-order valence-electron chi connectivity index (χ2n) is 5.07. The van der Waals surface area contributed by atoms with Gasteiger partial charge in [0.25, 0.3) is 5.91 Å². The van der Waals surface area contributed by atoms with Crippen molar-refractivity contribution in [2.75, 3.05) is 19.6 Å². The molecule has 2 heterocycles. The molecule has 1 N–H and O–H groups in total. The number of benzene rings is 1. The third kappa shape index (κ3) is 3.08. The second kappa shape index (κ2) is 6.20. The normalized spacial score (nSPS) is 19.0. The third-order valence-corrected chi connectivity index (χ3v) is 4.46. The molecule has 1 saturated heterocycles. The van der Waals surface area contributed by atoms with E-state index in [4.69, 9.17) is 0 Å². The molecule has 1 aliphatic heterocycles. The molecule has 1 unspecified atom stereocenters. The number of amides is 1. The number of hydrogen-bond donors (Lipinski definition) is 1. The van der Waals surface area contributed by atoms with Crippen molar-refractivity contribution in [3.63, 3.8) is 0 Å². The van der Waals surface area contributed by atoms with Crippen LogP contribution >= 0.6 is 11.3 Å². The zero-order chi connectivity index (χ0) is 13.8. The highest BCUT2D eigenvalue weighted by Gasteiger charge is 2.24. The van der Waals surface area contributed by atoms with E-state index in [-0.39, 0.29) is 5.91 Å². The van der Waals surface area contributed by atoms with Gasteiger partial charge in [-0.15, -0.1) is 11.3 Å². The summed E-state index contributed by atoms with van der Waals surface area (Å²) in [6.45, 7) is 2.45. The van der Waals surface area contributed by atoms with Crippen LogP contribution in [-0.4, -0.2) is 36.5 Å². The van der Waals surface area contributed by atoms with Gasteiger partial charge >= 0.3 is 0 Å². The van der Waals surface area contributed by atoms with Crippen molar-refractivity contribution in [1.29, 1.82) is 0 Å². The molecule has 1 aromatic heterocycles. The maximum Gasteiger partial charge on any atom is 0.264 e. The molecule has 2 aromatic rings. The Morgan fingerprint density at radius 2 is 2.10 bits per heavy atom. The lowest BCUT2D eigenvalue weighted by molar-refractivity contribution is 0.0708. The van der Waals surface area contributed by atoms with Crippen LogP contribution in [0.25, 0.3) is 0 Å². The summed E-state index contributed by atoms with van der Waals surface area (Å²) in [4.78, 5) is 15.2. The van der Waals surface area contributed by atoms with Crippen LogP contribution in [0.1, 0.15) is 15.2 Å². The average Bonchev–Trinajstić information content (AvgIpc) is 3.02. The number of carbonyl (C=O) groups is 1. The Balaban J connectivity index is 1.63. The van der Waals surface area contributed by atoms with E-state index in [0.717, 1.165) is 30.9 Å². The fourth-order valence-electron chi connectivity index (χ4n) is 2.60. The van der Waals surface area contributed by atoms with Crippen LogP contribution in [0.2, 0.25) is 0 Å². The summed E-state index contributed by atoms with van der Waals surface area (Å²) >= 11 is 1.52. The summed E-state index contributed by atoms with van der Waals surface area (Å²) in [6.07, 6.45) is 0.967. The maximum atomic E-state index is 12.4. The predicted octanol–water partition coefficient (Wildman–Crippen LogP) is 2.40. The first-order valence-electron chi connectivity index (χ1n) is 6.93. The van der Waals surface area contributed by atoms with Gasteiger partial charge in [0.15, 0.2) is 0 Å². The quantitative estimate of drug-likeness (QED) is 0.940. The van der Waals surface area contributed by atoms with Gasteiger partial charge in [0.1, 0.15) is 0 Å². The number of thiophene rings is 1. The standard InChI is InChI=1S/C16H18N2OS/c19-16(15-7-4-10-20-15)18-9-8-17-14(12-18)11-13-5-2-1-3-6-13/h1-7,10,14,17H,8-9,11-12H2. The first-order valence-corrected chi connectivity index (χ1v) is 7.81. The molecule has 1 fully saturated rings. The Morgan fingerprint density at radius 1 is 1.25 bits per heavy atom. The summed E-state index contributed by atoms with van der Waals surface area (Å²) in [5.41, 5.74) is 1.32. The number of piperazine rings is 1. The highest BCUT2D eigenvalue weighted by atomic mass is 32.1.